The molecule has 0 saturated heterocycles. The third kappa shape index (κ3) is 4.74. The van der Waals surface area contributed by atoms with Crippen LogP contribution in [0.5, 0.6) is 11.5 Å². The molecule has 0 aliphatic rings. The van der Waals surface area contributed by atoms with Gasteiger partial charge in [0.05, 0.1) is 8.95 Å². The summed E-state index contributed by atoms with van der Waals surface area (Å²) in [6, 6.07) is 9.26. The monoisotopic (exact) mass is 455 g/mol. The Labute approximate surface area is 158 Å². The smallest absolute Gasteiger partial charge is 0.262 e. The molecule has 0 atom stereocenters. The van der Waals surface area contributed by atoms with Crippen LogP contribution in [0.15, 0.2) is 39.3 Å². The molecule has 6 heteroatoms. The number of aromatic hydroxyl groups is 1. The molecule has 2 N–H and O–H groups in total. The summed E-state index contributed by atoms with van der Waals surface area (Å²) >= 11 is 6.47. The fourth-order valence-electron chi connectivity index (χ4n) is 2.22. The molecule has 0 heterocycles. The van der Waals surface area contributed by atoms with Gasteiger partial charge in [0.2, 0.25) is 0 Å². The molecular weight excluding hydrogens is 438 g/mol. The third-order valence-corrected chi connectivity index (χ3v) is 4.66. The number of benzene rings is 2. The molecule has 2 aromatic carbocycles. The highest BCUT2D eigenvalue weighted by Crippen LogP contribution is 2.35. The van der Waals surface area contributed by atoms with Crippen LogP contribution in [-0.4, -0.2) is 17.6 Å². The molecule has 4 nitrogen and oxygen atoms in total. The lowest BCUT2D eigenvalue weighted by Gasteiger charge is -2.15. The molecule has 2 aromatic rings. The number of nitrogens with one attached hydrogen (secondary N) is 1. The van der Waals surface area contributed by atoms with Gasteiger partial charge in [0.25, 0.3) is 5.91 Å². The highest BCUT2D eigenvalue weighted by atomic mass is 79.9. The molecule has 1 amide bonds. The number of ether oxygens (including phenoxy) is 1. The minimum Gasteiger partial charge on any atom is -0.506 e. The number of phenolic OH excluding ortho intramolecular Hbond substituents is 1. The molecule has 0 radical (unpaired) electrons. The van der Waals surface area contributed by atoms with Crippen LogP contribution in [-0.2, 0) is 4.79 Å². The lowest BCUT2D eigenvalue weighted by Crippen LogP contribution is -2.20. The number of carbonyl (C=O) groups excluding carboxylic acids is 1. The van der Waals surface area contributed by atoms with Gasteiger partial charge in [0, 0.05) is 5.69 Å². The van der Waals surface area contributed by atoms with Gasteiger partial charge in [-0.05, 0) is 74.0 Å². The first-order valence-corrected chi connectivity index (χ1v) is 9.07. The number of anilines is 1. The van der Waals surface area contributed by atoms with Gasteiger partial charge in [0.1, 0.15) is 11.5 Å². The maximum Gasteiger partial charge on any atom is 0.262 e. The Bertz CT molecular complexity index is 737. The van der Waals surface area contributed by atoms with Crippen LogP contribution in [0.1, 0.15) is 30.9 Å². The van der Waals surface area contributed by atoms with Gasteiger partial charge >= 0.3 is 0 Å². The van der Waals surface area contributed by atoms with Crippen LogP contribution in [0, 0.1) is 6.92 Å². The van der Waals surface area contributed by atoms with E-state index in [2.05, 4.69) is 51.0 Å². The number of amides is 1. The molecule has 0 aromatic heterocycles. The first-order valence-electron chi connectivity index (χ1n) is 7.49. The topological polar surface area (TPSA) is 58.6 Å². The first-order chi connectivity index (χ1) is 11.3. The van der Waals surface area contributed by atoms with E-state index in [0.717, 1.165) is 16.9 Å². The summed E-state index contributed by atoms with van der Waals surface area (Å²) in [5.74, 6) is 0.863. The van der Waals surface area contributed by atoms with Crippen molar-refractivity contribution in [2.75, 3.05) is 11.9 Å². The molecule has 0 spiro atoms. The van der Waals surface area contributed by atoms with Crippen LogP contribution < -0.4 is 10.1 Å². The predicted molar refractivity (Wildman–Crippen MR) is 103 cm³/mol. The van der Waals surface area contributed by atoms with Crippen molar-refractivity contribution >= 4 is 43.5 Å². The van der Waals surface area contributed by atoms with E-state index < -0.39 is 0 Å². The number of halogens is 2. The number of hydrogen-bond donors (Lipinski definition) is 2. The number of carbonyl (C=O) groups is 1. The fourth-order valence-corrected chi connectivity index (χ4v) is 3.41. The Morgan fingerprint density at radius 2 is 1.83 bits per heavy atom. The summed E-state index contributed by atoms with van der Waals surface area (Å²) in [6.07, 6.45) is 0. The zero-order valence-corrected chi connectivity index (χ0v) is 16.9. The van der Waals surface area contributed by atoms with E-state index in [1.54, 1.807) is 12.1 Å². The van der Waals surface area contributed by atoms with Crippen LogP contribution in [0.4, 0.5) is 5.69 Å². The third-order valence-electron chi connectivity index (χ3n) is 3.45. The van der Waals surface area contributed by atoms with E-state index in [-0.39, 0.29) is 18.3 Å². The van der Waals surface area contributed by atoms with Crippen LogP contribution in [0.3, 0.4) is 0 Å². The van der Waals surface area contributed by atoms with Crippen molar-refractivity contribution in [2.45, 2.75) is 26.7 Å². The van der Waals surface area contributed by atoms with E-state index in [1.165, 1.54) is 0 Å². The second kappa shape index (κ2) is 8.03. The van der Waals surface area contributed by atoms with E-state index >= 15 is 0 Å². The lowest BCUT2D eigenvalue weighted by atomic mass is 10.0. The van der Waals surface area contributed by atoms with Crippen molar-refractivity contribution in [2.24, 2.45) is 0 Å². The van der Waals surface area contributed by atoms with E-state index in [0.29, 0.717) is 20.6 Å². The average Bonchev–Trinajstić information content (AvgIpc) is 2.50. The van der Waals surface area contributed by atoms with Gasteiger partial charge in [-0.3, -0.25) is 4.79 Å². The molecule has 0 bridgehead atoms. The zero-order valence-electron chi connectivity index (χ0n) is 13.7. The van der Waals surface area contributed by atoms with Crippen LogP contribution in [0.25, 0.3) is 0 Å². The van der Waals surface area contributed by atoms with E-state index in [1.807, 2.05) is 25.1 Å². The molecule has 0 fully saturated rings. The first kappa shape index (κ1) is 18.8. The lowest BCUT2D eigenvalue weighted by molar-refractivity contribution is -0.118. The normalized spacial score (nSPS) is 10.8. The number of hydrogen-bond acceptors (Lipinski definition) is 3. The van der Waals surface area contributed by atoms with Gasteiger partial charge in [-0.15, -0.1) is 0 Å². The summed E-state index contributed by atoms with van der Waals surface area (Å²) in [5.41, 5.74) is 2.72. The quantitative estimate of drug-likeness (QED) is 0.595. The Balaban J connectivity index is 2.05. The molecular formula is C18H19Br2NO3. The molecule has 24 heavy (non-hydrogen) atoms. The second-order valence-electron chi connectivity index (χ2n) is 5.82. The highest BCUT2D eigenvalue weighted by molar-refractivity contribution is 9.11. The Kier molecular flexibility index (Phi) is 6.29. The molecule has 0 aliphatic heterocycles. The fraction of sp³-hybridized carbons (Fsp3) is 0.278. The maximum absolute atomic E-state index is 12.1. The Morgan fingerprint density at radius 1 is 1.21 bits per heavy atom. The van der Waals surface area contributed by atoms with Crippen molar-refractivity contribution in [3.8, 4) is 11.5 Å². The van der Waals surface area contributed by atoms with Crippen molar-refractivity contribution in [1.29, 1.82) is 0 Å². The Hall–Kier alpha value is -1.53. The van der Waals surface area contributed by atoms with E-state index in [9.17, 15) is 9.90 Å². The molecule has 128 valence electrons. The molecule has 0 saturated carbocycles. The summed E-state index contributed by atoms with van der Waals surface area (Å²) in [4.78, 5) is 12.1. The van der Waals surface area contributed by atoms with Gasteiger partial charge < -0.3 is 15.2 Å². The predicted octanol–water partition coefficient (Wildman–Crippen LogP) is 5.37. The summed E-state index contributed by atoms with van der Waals surface area (Å²) in [7, 11) is 0. The van der Waals surface area contributed by atoms with Crippen molar-refractivity contribution < 1.29 is 14.6 Å². The minimum atomic E-state index is -0.268. The highest BCUT2D eigenvalue weighted by Gasteiger charge is 2.12. The second-order valence-corrected chi connectivity index (χ2v) is 7.53. The largest absolute Gasteiger partial charge is 0.506 e. The van der Waals surface area contributed by atoms with Gasteiger partial charge in [-0.1, -0.05) is 26.0 Å². The van der Waals surface area contributed by atoms with E-state index in [4.69, 9.17) is 4.74 Å². The molecule has 0 unspecified atom stereocenters. The van der Waals surface area contributed by atoms with Gasteiger partial charge in [-0.25, -0.2) is 0 Å². The van der Waals surface area contributed by atoms with Gasteiger partial charge in [0.15, 0.2) is 6.61 Å². The zero-order chi connectivity index (χ0) is 17.9. The Morgan fingerprint density at radius 3 is 2.42 bits per heavy atom. The van der Waals surface area contributed by atoms with Crippen LogP contribution >= 0.6 is 31.9 Å². The SMILES string of the molecule is Cc1ccc(C(C)C)c(OCC(=O)Nc2cc(Br)c(O)c(Br)c2)c1. The molecule has 2 rings (SSSR count). The summed E-state index contributed by atoms with van der Waals surface area (Å²) in [5, 5.41) is 12.4. The summed E-state index contributed by atoms with van der Waals surface area (Å²) in [6.45, 7) is 6.08. The minimum absolute atomic E-state index is 0.0840. The van der Waals surface area contributed by atoms with Gasteiger partial charge in [-0.2, -0.15) is 0 Å². The van der Waals surface area contributed by atoms with Crippen molar-refractivity contribution in [1.82, 2.24) is 0 Å². The standard InChI is InChI=1S/C18H19Br2NO3/c1-10(2)13-5-4-11(3)6-16(13)24-9-17(22)21-12-7-14(19)18(23)15(20)8-12/h4-8,10,23H,9H2,1-3H3,(H,21,22). The number of phenols is 1. The number of rotatable bonds is 5. The van der Waals surface area contributed by atoms with Crippen LogP contribution in [0.2, 0.25) is 0 Å². The van der Waals surface area contributed by atoms with Crippen molar-refractivity contribution in [3.63, 3.8) is 0 Å². The average molecular weight is 457 g/mol. The summed E-state index contributed by atoms with van der Waals surface area (Å²) < 4.78 is 6.70. The molecule has 0 aliphatic carbocycles. The maximum atomic E-state index is 12.1. The van der Waals surface area contributed by atoms with Crippen molar-refractivity contribution in [3.05, 3.63) is 50.4 Å². The number of aryl methyl sites for hydroxylation is 1.